The number of carbonyl (C=O) groups is 1. The van der Waals surface area contributed by atoms with Gasteiger partial charge < -0.3 is 24.8 Å². The Balaban J connectivity index is 1.71. The summed E-state index contributed by atoms with van der Waals surface area (Å²) in [6.07, 6.45) is 0. The van der Waals surface area contributed by atoms with Crippen LogP contribution in [0.25, 0.3) is 0 Å². The third-order valence-corrected chi connectivity index (χ3v) is 4.29. The van der Waals surface area contributed by atoms with E-state index in [0.29, 0.717) is 27.2 Å². The quantitative estimate of drug-likeness (QED) is 0.649. The van der Waals surface area contributed by atoms with Gasteiger partial charge in [0.15, 0.2) is 16.6 Å². The van der Waals surface area contributed by atoms with Crippen molar-refractivity contribution in [3.05, 3.63) is 34.7 Å². The van der Waals surface area contributed by atoms with E-state index in [1.165, 1.54) is 18.4 Å². The molecule has 3 rings (SSSR count). The number of anilines is 2. The predicted molar refractivity (Wildman–Crippen MR) is 92.8 cm³/mol. The Bertz CT molecular complexity index is 773. The molecule has 1 aliphatic rings. The minimum absolute atomic E-state index is 0.221. The second-order valence-electron chi connectivity index (χ2n) is 4.74. The van der Waals surface area contributed by atoms with Crippen molar-refractivity contribution >= 4 is 45.3 Å². The Morgan fingerprint density at radius 1 is 1.26 bits per heavy atom. The minimum atomic E-state index is -0.400. The Hall–Kier alpha value is -2.32. The van der Waals surface area contributed by atoms with Gasteiger partial charge in [-0.05, 0) is 37.3 Å². The predicted octanol–water partition coefficient (Wildman–Crippen LogP) is 3.38. The first-order chi connectivity index (χ1) is 11.1. The fraction of sp³-hybridized carbons (Fsp3) is 0.200. The van der Waals surface area contributed by atoms with Gasteiger partial charge in [-0.25, -0.2) is 4.79 Å². The second kappa shape index (κ2) is 6.43. The number of carbonyl (C=O) groups excluding carboxylic acids is 1. The lowest BCUT2D eigenvalue weighted by Gasteiger charge is -2.10. The maximum atomic E-state index is 11.8. The number of fused-ring (bicyclic) bond motifs is 1. The maximum absolute atomic E-state index is 11.8. The van der Waals surface area contributed by atoms with Crippen LogP contribution < -0.4 is 20.1 Å². The topological polar surface area (TPSA) is 68.8 Å². The number of rotatable bonds is 3. The zero-order chi connectivity index (χ0) is 16.4. The first-order valence-electron chi connectivity index (χ1n) is 6.73. The van der Waals surface area contributed by atoms with E-state index < -0.39 is 5.97 Å². The van der Waals surface area contributed by atoms with Gasteiger partial charge in [0.25, 0.3) is 0 Å². The van der Waals surface area contributed by atoms with Crippen LogP contribution in [0.1, 0.15) is 15.2 Å². The molecule has 2 heterocycles. The van der Waals surface area contributed by atoms with Crippen molar-refractivity contribution in [3.63, 3.8) is 0 Å². The summed E-state index contributed by atoms with van der Waals surface area (Å²) in [5, 5.41) is 7.10. The molecule has 0 unspecified atom stereocenters. The molecule has 0 radical (unpaired) electrons. The number of thiocarbonyl (C=S) groups is 1. The standard InChI is InChI=1S/C15H14N2O4S2/c1-8-5-10(14(18)19-2)13(23-8)17-15(22)16-9-3-4-11-12(6-9)21-7-20-11/h3-6H,7H2,1-2H3,(H2,16,17,22). The van der Waals surface area contributed by atoms with Gasteiger partial charge in [-0.15, -0.1) is 11.3 Å². The highest BCUT2D eigenvalue weighted by Gasteiger charge is 2.17. The van der Waals surface area contributed by atoms with Crippen LogP contribution in [-0.2, 0) is 4.74 Å². The number of ether oxygens (including phenoxy) is 3. The van der Waals surface area contributed by atoms with Crippen LogP contribution in [0.2, 0.25) is 0 Å². The number of hydrogen-bond donors (Lipinski definition) is 2. The molecule has 8 heteroatoms. The van der Waals surface area contributed by atoms with Crippen LogP contribution in [-0.4, -0.2) is 25.0 Å². The summed E-state index contributed by atoms with van der Waals surface area (Å²) in [4.78, 5) is 12.8. The summed E-state index contributed by atoms with van der Waals surface area (Å²) >= 11 is 6.73. The molecule has 2 aromatic rings. The summed E-state index contributed by atoms with van der Waals surface area (Å²) in [6.45, 7) is 2.13. The summed E-state index contributed by atoms with van der Waals surface area (Å²) in [5.41, 5.74) is 1.23. The second-order valence-corrected chi connectivity index (χ2v) is 6.40. The van der Waals surface area contributed by atoms with E-state index >= 15 is 0 Å². The monoisotopic (exact) mass is 350 g/mol. The highest BCUT2D eigenvalue weighted by Crippen LogP contribution is 2.34. The lowest BCUT2D eigenvalue weighted by Crippen LogP contribution is -2.19. The third-order valence-electron chi connectivity index (χ3n) is 3.12. The van der Waals surface area contributed by atoms with E-state index in [4.69, 9.17) is 26.4 Å². The van der Waals surface area contributed by atoms with Gasteiger partial charge in [0, 0.05) is 16.6 Å². The maximum Gasteiger partial charge on any atom is 0.340 e. The van der Waals surface area contributed by atoms with Crippen molar-refractivity contribution in [2.24, 2.45) is 0 Å². The van der Waals surface area contributed by atoms with Crippen LogP contribution in [0.15, 0.2) is 24.3 Å². The summed E-state index contributed by atoms with van der Waals surface area (Å²) in [5.74, 6) is 0.971. The lowest BCUT2D eigenvalue weighted by molar-refractivity contribution is 0.0602. The molecule has 0 saturated heterocycles. The summed E-state index contributed by atoms with van der Waals surface area (Å²) < 4.78 is 15.4. The highest BCUT2D eigenvalue weighted by molar-refractivity contribution is 7.80. The van der Waals surface area contributed by atoms with Crippen molar-refractivity contribution in [2.75, 3.05) is 24.5 Å². The normalized spacial score (nSPS) is 11.9. The Morgan fingerprint density at radius 3 is 2.83 bits per heavy atom. The van der Waals surface area contributed by atoms with Gasteiger partial charge in [0.1, 0.15) is 5.00 Å². The molecule has 0 atom stereocenters. The molecule has 1 aromatic carbocycles. The summed E-state index contributed by atoms with van der Waals surface area (Å²) in [7, 11) is 1.35. The third kappa shape index (κ3) is 3.38. The molecule has 0 spiro atoms. The van der Waals surface area contributed by atoms with Gasteiger partial charge in [-0.1, -0.05) is 0 Å². The van der Waals surface area contributed by atoms with E-state index in [9.17, 15) is 4.79 Å². The number of esters is 1. The number of nitrogens with one attached hydrogen (secondary N) is 2. The molecule has 23 heavy (non-hydrogen) atoms. The molecular weight excluding hydrogens is 336 g/mol. The average molecular weight is 350 g/mol. The molecule has 0 saturated carbocycles. The number of methoxy groups -OCH3 is 1. The van der Waals surface area contributed by atoms with Crippen molar-refractivity contribution in [1.82, 2.24) is 0 Å². The van der Waals surface area contributed by atoms with Crippen molar-refractivity contribution in [2.45, 2.75) is 6.92 Å². The van der Waals surface area contributed by atoms with Gasteiger partial charge in [0.2, 0.25) is 6.79 Å². The number of thiophene rings is 1. The van der Waals surface area contributed by atoms with Crippen molar-refractivity contribution in [1.29, 1.82) is 0 Å². The molecule has 0 bridgehead atoms. The molecule has 0 amide bonds. The highest BCUT2D eigenvalue weighted by atomic mass is 32.1. The first kappa shape index (κ1) is 15.6. The van der Waals surface area contributed by atoms with Crippen molar-refractivity contribution in [3.8, 4) is 11.5 Å². The smallest absolute Gasteiger partial charge is 0.340 e. The average Bonchev–Trinajstić information content (AvgIpc) is 3.12. The van der Waals surface area contributed by atoms with Gasteiger partial charge in [-0.2, -0.15) is 0 Å². The Morgan fingerprint density at radius 2 is 2.04 bits per heavy atom. The molecule has 1 aromatic heterocycles. The Kier molecular flexibility index (Phi) is 4.35. The minimum Gasteiger partial charge on any atom is -0.465 e. The van der Waals surface area contributed by atoms with Gasteiger partial charge in [0.05, 0.1) is 12.7 Å². The van der Waals surface area contributed by atoms with E-state index in [1.54, 1.807) is 12.1 Å². The fourth-order valence-electron chi connectivity index (χ4n) is 2.11. The van der Waals surface area contributed by atoms with Gasteiger partial charge >= 0.3 is 5.97 Å². The van der Waals surface area contributed by atoms with Crippen LogP contribution in [0.5, 0.6) is 11.5 Å². The van der Waals surface area contributed by atoms with E-state index in [0.717, 1.165) is 10.6 Å². The molecule has 0 aliphatic carbocycles. The number of benzene rings is 1. The zero-order valence-electron chi connectivity index (χ0n) is 12.5. The first-order valence-corrected chi connectivity index (χ1v) is 7.95. The van der Waals surface area contributed by atoms with Crippen LogP contribution in [0.4, 0.5) is 10.7 Å². The van der Waals surface area contributed by atoms with Gasteiger partial charge in [-0.3, -0.25) is 0 Å². The fourth-order valence-corrected chi connectivity index (χ4v) is 3.30. The van der Waals surface area contributed by atoms with Crippen LogP contribution in [0.3, 0.4) is 0 Å². The van der Waals surface area contributed by atoms with E-state index in [1.807, 2.05) is 19.1 Å². The van der Waals surface area contributed by atoms with E-state index in [2.05, 4.69) is 10.6 Å². The number of aryl methyl sites for hydroxylation is 1. The molecule has 120 valence electrons. The molecule has 0 fully saturated rings. The largest absolute Gasteiger partial charge is 0.465 e. The van der Waals surface area contributed by atoms with E-state index in [-0.39, 0.29) is 6.79 Å². The SMILES string of the molecule is COC(=O)c1cc(C)sc1NC(=S)Nc1ccc2c(c1)OCO2. The summed E-state index contributed by atoms with van der Waals surface area (Å²) in [6, 6.07) is 7.21. The zero-order valence-corrected chi connectivity index (χ0v) is 14.1. The Labute approximate surface area is 142 Å². The molecular formula is C15H14N2O4S2. The van der Waals surface area contributed by atoms with Crippen molar-refractivity contribution < 1.29 is 19.0 Å². The molecule has 2 N–H and O–H groups in total. The lowest BCUT2D eigenvalue weighted by atomic mass is 10.3. The van der Waals surface area contributed by atoms with Crippen LogP contribution in [0, 0.1) is 6.92 Å². The molecule has 6 nitrogen and oxygen atoms in total. The number of hydrogen-bond acceptors (Lipinski definition) is 6. The van der Waals surface area contributed by atoms with Crippen LogP contribution >= 0.6 is 23.6 Å². The molecule has 1 aliphatic heterocycles.